The summed E-state index contributed by atoms with van der Waals surface area (Å²) in [7, 11) is 0. The van der Waals surface area contributed by atoms with E-state index in [2.05, 4.69) is 30.3 Å². The van der Waals surface area contributed by atoms with Crippen LogP contribution in [0.25, 0.3) is 0 Å². The van der Waals surface area contributed by atoms with E-state index >= 15 is 0 Å². The van der Waals surface area contributed by atoms with Gasteiger partial charge < -0.3 is 5.32 Å². The van der Waals surface area contributed by atoms with Crippen LogP contribution < -0.4 is 5.32 Å². The summed E-state index contributed by atoms with van der Waals surface area (Å²) in [6, 6.07) is 0.827. The van der Waals surface area contributed by atoms with Crippen molar-refractivity contribution < 1.29 is 0 Å². The van der Waals surface area contributed by atoms with E-state index in [9.17, 15) is 0 Å². The molecule has 2 heteroatoms. The van der Waals surface area contributed by atoms with Gasteiger partial charge in [-0.3, -0.25) is 0 Å². The maximum absolute atomic E-state index is 3.77. The van der Waals surface area contributed by atoms with Crippen molar-refractivity contribution in [3.05, 3.63) is 0 Å². The zero-order chi connectivity index (χ0) is 13.8. The van der Waals surface area contributed by atoms with Gasteiger partial charge in [0, 0.05) is 11.3 Å². The Hall–Kier alpha value is 0.310. The molecule has 0 aliphatic heterocycles. The highest BCUT2D eigenvalue weighted by molar-refractivity contribution is 7.99. The highest BCUT2D eigenvalue weighted by atomic mass is 32.2. The van der Waals surface area contributed by atoms with Crippen LogP contribution in [0.15, 0.2) is 0 Å². The first-order valence-electron chi connectivity index (χ1n) is 8.63. The van der Waals surface area contributed by atoms with Gasteiger partial charge in [0.25, 0.3) is 0 Å². The van der Waals surface area contributed by atoms with Crippen molar-refractivity contribution >= 4 is 11.8 Å². The molecule has 0 aromatic carbocycles. The zero-order valence-corrected chi connectivity index (χ0v) is 14.1. The molecular weight excluding hydrogens is 250 g/mol. The first-order chi connectivity index (χ1) is 9.36. The van der Waals surface area contributed by atoms with E-state index in [1.807, 2.05) is 0 Å². The lowest BCUT2D eigenvalue weighted by Crippen LogP contribution is -2.34. The SMILES string of the molecule is CCCCCCCCCCNC1CCC(SC)CC1. The summed E-state index contributed by atoms with van der Waals surface area (Å²) in [6.07, 6.45) is 19.4. The van der Waals surface area contributed by atoms with Gasteiger partial charge in [-0.2, -0.15) is 11.8 Å². The van der Waals surface area contributed by atoms with Crippen LogP contribution in [0.3, 0.4) is 0 Å². The molecule has 1 nitrogen and oxygen atoms in total. The number of hydrogen-bond acceptors (Lipinski definition) is 2. The molecule has 0 aromatic rings. The Morgan fingerprint density at radius 3 is 2.00 bits per heavy atom. The van der Waals surface area contributed by atoms with E-state index in [1.54, 1.807) is 0 Å². The predicted molar refractivity (Wildman–Crippen MR) is 90.2 cm³/mol. The van der Waals surface area contributed by atoms with E-state index in [0.717, 1.165) is 11.3 Å². The van der Waals surface area contributed by atoms with Crippen molar-refractivity contribution in [1.29, 1.82) is 0 Å². The minimum Gasteiger partial charge on any atom is -0.314 e. The minimum atomic E-state index is 0.827. The summed E-state index contributed by atoms with van der Waals surface area (Å²) in [4.78, 5) is 0. The molecular formula is C17H35NS. The van der Waals surface area contributed by atoms with Crippen molar-refractivity contribution in [3.8, 4) is 0 Å². The molecule has 0 aromatic heterocycles. The second-order valence-electron chi connectivity index (χ2n) is 6.14. The normalized spacial score (nSPS) is 23.7. The smallest absolute Gasteiger partial charge is 0.00678 e. The standard InChI is InChI=1S/C17H35NS/c1-3-4-5-6-7-8-9-10-15-18-16-11-13-17(19-2)14-12-16/h16-18H,3-15H2,1-2H3. The molecule has 0 spiro atoms. The fourth-order valence-electron chi connectivity index (χ4n) is 3.07. The Bertz CT molecular complexity index is 188. The van der Waals surface area contributed by atoms with Crippen LogP contribution >= 0.6 is 11.8 Å². The Morgan fingerprint density at radius 1 is 0.842 bits per heavy atom. The molecule has 0 unspecified atom stereocenters. The molecule has 1 aliphatic carbocycles. The fraction of sp³-hybridized carbons (Fsp3) is 1.00. The number of unbranched alkanes of at least 4 members (excludes halogenated alkanes) is 7. The Kier molecular flexibility index (Phi) is 11.0. The monoisotopic (exact) mass is 285 g/mol. The highest BCUT2D eigenvalue weighted by Crippen LogP contribution is 2.26. The molecule has 0 heterocycles. The highest BCUT2D eigenvalue weighted by Gasteiger charge is 2.19. The van der Waals surface area contributed by atoms with Crippen LogP contribution in [0.2, 0.25) is 0 Å². The van der Waals surface area contributed by atoms with Gasteiger partial charge in [0.2, 0.25) is 0 Å². The van der Waals surface area contributed by atoms with Crippen molar-refractivity contribution in [2.24, 2.45) is 0 Å². The third-order valence-corrected chi connectivity index (χ3v) is 5.61. The van der Waals surface area contributed by atoms with Crippen LogP contribution in [0.1, 0.15) is 84.0 Å². The Morgan fingerprint density at radius 2 is 1.42 bits per heavy atom. The maximum Gasteiger partial charge on any atom is 0.00678 e. The third-order valence-electron chi connectivity index (χ3n) is 4.47. The van der Waals surface area contributed by atoms with Crippen molar-refractivity contribution in [1.82, 2.24) is 5.32 Å². The van der Waals surface area contributed by atoms with Crippen LogP contribution in [0.4, 0.5) is 0 Å². The van der Waals surface area contributed by atoms with E-state index in [-0.39, 0.29) is 0 Å². The lowest BCUT2D eigenvalue weighted by atomic mass is 9.95. The number of thioether (sulfide) groups is 1. The molecule has 0 radical (unpaired) electrons. The van der Waals surface area contributed by atoms with Crippen LogP contribution in [-0.4, -0.2) is 24.1 Å². The molecule has 1 fully saturated rings. The first kappa shape index (κ1) is 17.4. The van der Waals surface area contributed by atoms with Gasteiger partial charge in [-0.25, -0.2) is 0 Å². The van der Waals surface area contributed by atoms with Crippen molar-refractivity contribution in [3.63, 3.8) is 0 Å². The second kappa shape index (κ2) is 12.1. The molecule has 0 amide bonds. The number of rotatable bonds is 11. The average molecular weight is 286 g/mol. The quantitative estimate of drug-likeness (QED) is 0.511. The van der Waals surface area contributed by atoms with Gasteiger partial charge in [0.05, 0.1) is 0 Å². The van der Waals surface area contributed by atoms with Gasteiger partial charge in [0.1, 0.15) is 0 Å². The summed E-state index contributed by atoms with van der Waals surface area (Å²) in [5, 5.41) is 4.71. The lowest BCUT2D eigenvalue weighted by Gasteiger charge is -2.28. The van der Waals surface area contributed by atoms with Gasteiger partial charge >= 0.3 is 0 Å². The molecule has 1 rings (SSSR count). The average Bonchev–Trinajstić information content (AvgIpc) is 2.46. The predicted octanol–water partition coefficient (Wildman–Crippen LogP) is 5.39. The molecule has 1 aliphatic rings. The van der Waals surface area contributed by atoms with Crippen LogP contribution in [0.5, 0.6) is 0 Å². The van der Waals surface area contributed by atoms with E-state index in [1.165, 1.54) is 83.6 Å². The van der Waals surface area contributed by atoms with Gasteiger partial charge in [0.15, 0.2) is 0 Å². The van der Waals surface area contributed by atoms with E-state index in [4.69, 9.17) is 0 Å². The van der Waals surface area contributed by atoms with Gasteiger partial charge in [-0.05, 0) is 44.9 Å². The lowest BCUT2D eigenvalue weighted by molar-refractivity contribution is 0.376. The number of nitrogens with one attached hydrogen (secondary N) is 1. The summed E-state index contributed by atoms with van der Waals surface area (Å²) < 4.78 is 0. The number of hydrogen-bond donors (Lipinski definition) is 1. The molecule has 0 bridgehead atoms. The summed E-state index contributed by atoms with van der Waals surface area (Å²) in [6.45, 7) is 3.54. The van der Waals surface area contributed by atoms with Crippen molar-refractivity contribution in [2.45, 2.75) is 95.3 Å². The summed E-state index contributed by atoms with van der Waals surface area (Å²) in [5.74, 6) is 0. The zero-order valence-electron chi connectivity index (χ0n) is 13.3. The van der Waals surface area contributed by atoms with Crippen molar-refractivity contribution in [2.75, 3.05) is 12.8 Å². The summed E-state index contributed by atoms with van der Waals surface area (Å²) in [5.41, 5.74) is 0. The van der Waals surface area contributed by atoms with E-state index in [0.29, 0.717) is 0 Å². The fourth-order valence-corrected chi connectivity index (χ4v) is 3.81. The minimum absolute atomic E-state index is 0.827. The summed E-state index contributed by atoms with van der Waals surface area (Å²) >= 11 is 2.06. The molecule has 19 heavy (non-hydrogen) atoms. The third kappa shape index (κ3) is 8.96. The molecule has 1 N–H and O–H groups in total. The first-order valence-corrected chi connectivity index (χ1v) is 9.91. The largest absolute Gasteiger partial charge is 0.314 e. The van der Waals surface area contributed by atoms with Crippen LogP contribution in [0, 0.1) is 0 Å². The second-order valence-corrected chi connectivity index (χ2v) is 7.28. The molecule has 0 atom stereocenters. The maximum atomic E-state index is 3.77. The van der Waals surface area contributed by atoms with E-state index < -0.39 is 0 Å². The van der Waals surface area contributed by atoms with Crippen LogP contribution in [-0.2, 0) is 0 Å². The Labute approximate surface area is 125 Å². The molecule has 0 saturated heterocycles. The van der Waals surface area contributed by atoms with Gasteiger partial charge in [-0.1, -0.05) is 51.9 Å². The molecule has 114 valence electrons. The Balaban J connectivity index is 1.81. The molecule has 1 saturated carbocycles. The van der Waals surface area contributed by atoms with Gasteiger partial charge in [-0.15, -0.1) is 0 Å². The topological polar surface area (TPSA) is 12.0 Å².